The van der Waals surface area contributed by atoms with Crippen LogP contribution >= 0.6 is 0 Å². The quantitative estimate of drug-likeness (QED) is 0.248. The van der Waals surface area contributed by atoms with Crippen LogP contribution in [-0.4, -0.2) is 25.0 Å². The largest absolute Gasteiger partial charge is 0.460 e. The number of benzene rings is 3. The van der Waals surface area contributed by atoms with Gasteiger partial charge in [0.1, 0.15) is 11.9 Å². The number of esters is 1. The van der Waals surface area contributed by atoms with Gasteiger partial charge in [0.2, 0.25) is 0 Å². The molecular formula is C36H42O4. The molecule has 0 aliphatic heterocycles. The lowest BCUT2D eigenvalue weighted by molar-refractivity contribution is -0.172. The molecule has 0 N–H and O–H groups in total. The van der Waals surface area contributed by atoms with Gasteiger partial charge in [-0.15, -0.1) is 0 Å². The molecule has 0 aromatic heterocycles. The molecule has 0 heterocycles. The fraction of sp³-hybridized carbons (Fsp3) is 0.556. The molecule has 0 saturated heterocycles. The van der Waals surface area contributed by atoms with E-state index in [0.29, 0.717) is 29.5 Å². The minimum absolute atomic E-state index is 0.0667. The molecule has 0 radical (unpaired) electrons. The Hall–Kier alpha value is -2.72. The Morgan fingerprint density at radius 1 is 0.875 bits per heavy atom. The van der Waals surface area contributed by atoms with Gasteiger partial charge in [0.25, 0.3) is 0 Å². The van der Waals surface area contributed by atoms with Gasteiger partial charge in [-0.3, -0.25) is 4.79 Å². The second-order valence-electron chi connectivity index (χ2n) is 13.8. The van der Waals surface area contributed by atoms with Crippen molar-refractivity contribution in [1.82, 2.24) is 0 Å². The fourth-order valence-electron chi connectivity index (χ4n) is 9.99. The first kappa shape index (κ1) is 26.2. The zero-order valence-electron chi connectivity index (χ0n) is 24.2. The molecule has 4 saturated carbocycles. The Morgan fingerprint density at radius 3 is 2.27 bits per heavy atom. The van der Waals surface area contributed by atoms with E-state index in [1.807, 2.05) is 24.3 Å². The van der Waals surface area contributed by atoms with Crippen molar-refractivity contribution < 1.29 is 19.1 Å². The molecule has 4 aliphatic rings. The van der Waals surface area contributed by atoms with Gasteiger partial charge in [0.05, 0.1) is 0 Å². The van der Waals surface area contributed by atoms with Crippen molar-refractivity contribution in [2.24, 2.45) is 34.5 Å². The molecule has 4 fully saturated rings. The standard InChI is InChI=1S/C36H42O4/c1-35-18-16-25(21-24(35)12-13-28-29-14-15-31(37)36(29,2)19-17-30(28)35)40-34(38)33(39-3)32-26-10-6-4-8-22(26)20-23-9-5-7-11-27(23)32/h4-11,20,24-25,28-30,33H,12-19,21H2,1-3H3/t24-,25+,28-,29-,30-,33+,35-,36-/m0/s1. The van der Waals surface area contributed by atoms with Crippen LogP contribution in [0.3, 0.4) is 0 Å². The van der Waals surface area contributed by atoms with Gasteiger partial charge >= 0.3 is 5.97 Å². The van der Waals surface area contributed by atoms with Crippen molar-refractivity contribution >= 4 is 33.3 Å². The van der Waals surface area contributed by atoms with Gasteiger partial charge in [-0.1, -0.05) is 62.4 Å². The van der Waals surface area contributed by atoms with Crippen LogP contribution in [0.25, 0.3) is 21.5 Å². The molecule has 210 valence electrons. The predicted octanol–water partition coefficient (Wildman–Crippen LogP) is 8.20. The van der Waals surface area contributed by atoms with E-state index >= 15 is 0 Å². The summed E-state index contributed by atoms with van der Waals surface area (Å²) in [6.07, 6.45) is 8.66. The smallest absolute Gasteiger partial charge is 0.340 e. The van der Waals surface area contributed by atoms with E-state index in [2.05, 4.69) is 44.2 Å². The lowest BCUT2D eigenvalue weighted by Crippen LogP contribution is -2.54. The highest BCUT2D eigenvalue weighted by atomic mass is 16.6. The van der Waals surface area contributed by atoms with Crippen molar-refractivity contribution in [1.29, 1.82) is 0 Å². The summed E-state index contributed by atoms with van der Waals surface area (Å²) in [6, 6.07) is 18.6. The highest BCUT2D eigenvalue weighted by Gasteiger charge is 2.60. The van der Waals surface area contributed by atoms with Crippen LogP contribution in [-0.2, 0) is 19.1 Å². The van der Waals surface area contributed by atoms with Crippen LogP contribution in [0.2, 0.25) is 0 Å². The summed E-state index contributed by atoms with van der Waals surface area (Å²) < 4.78 is 12.2. The number of fused-ring (bicyclic) bond motifs is 7. The summed E-state index contributed by atoms with van der Waals surface area (Å²) >= 11 is 0. The minimum atomic E-state index is -0.768. The molecule has 3 aromatic carbocycles. The first-order valence-corrected chi connectivity index (χ1v) is 15.5. The molecule has 8 atom stereocenters. The van der Waals surface area contributed by atoms with Crippen molar-refractivity contribution in [3.63, 3.8) is 0 Å². The number of ether oxygens (including phenoxy) is 2. The second kappa shape index (κ2) is 9.69. The van der Waals surface area contributed by atoms with Gasteiger partial charge in [-0.25, -0.2) is 4.79 Å². The first-order valence-electron chi connectivity index (χ1n) is 15.5. The van der Waals surface area contributed by atoms with E-state index in [9.17, 15) is 9.59 Å². The third kappa shape index (κ3) is 3.89. The Kier molecular flexibility index (Phi) is 6.34. The maximum absolute atomic E-state index is 13.8. The summed E-state index contributed by atoms with van der Waals surface area (Å²) in [4.78, 5) is 26.6. The summed E-state index contributed by atoms with van der Waals surface area (Å²) in [5.41, 5.74) is 1.11. The van der Waals surface area contributed by atoms with E-state index in [0.717, 1.165) is 65.6 Å². The SMILES string of the molecule is CO[C@@H](C(=O)O[C@@H]1CC[C@@]2(C)[C@@H](CC[C@@H]3[C@@H]2CC[C@]2(C)C(=O)CC[C@@H]32)C1)c1c2ccccc2cc2ccccc12. The number of carbonyl (C=O) groups is 2. The van der Waals surface area contributed by atoms with Crippen LogP contribution in [0.1, 0.15) is 83.3 Å². The first-order chi connectivity index (χ1) is 19.3. The molecule has 4 heteroatoms. The fourth-order valence-corrected chi connectivity index (χ4v) is 9.99. The van der Waals surface area contributed by atoms with E-state index in [1.165, 1.54) is 19.3 Å². The van der Waals surface area contributed by atoms with E-state index < -0.39 is 6.10 Å². The third-order valence-corrected chi connectivity index (χ3v) is 12.1. The van der Waals surface area contributed by atoms with Gasteiger partial charge in [-0.2, -0.15) is 0 Å². The van der Waals surface area contributed by atoms with E-state index in [-0.39, 0.29) is 22.9 Å². The van der Waals surface area contributed by atoms with Gasteiger partial charge in [0.15, 0.2) is 6.10 Å². The highest BCUT2D eigenvalue weighted by molar-refractivity contribution is 6.05. The molecule has 3 aromatic rings. The number of ketones is 1. The summed E-state index contributed by atoms with van der Waals surface area (Å²) in [6.45, 7) is 4.78. The average Bonchev–Trinajstić information content (AvgIpc) is 3.27. The topological polar surface area (TPSA) is 52.6 Å². The van der Waals surface area contributed by atoms with E-state index in [1.54, 1.807) is 7.11 Å². The molecule has 0 amide bonds. The Balaban J connectivity index is 1.11. The summed E-state index contributed by atoms with van der Waals surface area (Å²) in [5.74, 6) is 2.77. The van der Waals surface area contributed by atoms with Crippen LogP contribution in [0.5, 0.6) is 0 Å². The van der Waals surface area contributed by atoms with Gasteiger partial charge < -0.3 is 9.47 Å². The summed E-state index contributed by atoms with van der Waals surface area (Å²) in [7, 11) is 1.62. The van der Waals surface area contributed by atoms with Crippen molar-refractivity contribution in [2.45, 2.75) is 83.8 Å². The molecule has 4 aliphatic carbocycles. The van der Waals surface area contributed by atoms with Crippen LogP contribution in [0.4, 0.5) is 0 Å². The predicted molar refractivity (Wildman–Crippen MR) is 158 cm³/mol. The van der Waals surface area contributed by atoms with Crippen molar-refractivity contribution in [2.75, 3.05) is 7.11 Å². The zero-order valence-corrected chi connectivity index (χ0v) is 24.2. The number of carbonyl (C=O) groups excluding carboxylic acids is 2. The third-order valence-electron chi connectivity index (χ3n) is 12.1. The molecular weight excluding hydrogens is 496 g/mol. The van der Waals surface area contributed by atoms with Crippen LogP contribution in [0, 0.1) is 34.5 Å². The van der Waals surface area contributed by atoms with Crippen molar-refractivity contribution in [3.8, 4) is 0 Å². The number of rotatable bonds is 4. The van der Waals surface area contributed by atoms with Gasteiger partial charge in [-0.05, 0) is 108 Å². The number of hydrogen-bond donors (Lipinski definition) is 0. The van der Waals surface area contributed by atoms with Crippen LogP contribution in [0.15, 0.2) is 54.6 Å². The molecule has 40 heavy (non-hydrogen) atoms. The Morgan fingerprint density at radius 2 is 1.57 bits per heavy atom. The zero-order chi connectivity index (χ0) is 27.6. The molecule has 0 spiro atoms. The maximum Gasteiger partial charge on any atom is 0.340 e. The van der Waals surface area contributed by atoms with E-state index in [4.69, 9.17) is 9.47 Å². The molecule has 0 bridgehead atoms. The van der Waals surface area contributed by atoms with Gasteiger partial charge in [0, 0.05) is 24.5 Å². The maximum atomic E-state index is 13.8. The lowest BCUT2D eigenvalue weighted by atomic mass is 9.45. The Bertz CT molecular complexity index is 1420. The number of hydrogen-bond acceptors (Lipinski definition) is 4. The Labute approximate surface area is 237 Å². The normalized spacial score (nSPS) is 36.1. The summed E-state index contributed by atoms with van der Waals surface area (Å²) in [5, 5.41) is 4.27. The lowest BCUT2D eigenvalue weighted by Gasteiger charge is -2.60. The average molecular weight is 539 g/mol. The number of Topliss-reactive ketones (excluding diaryl/α,β-unsaturated/α-hetero) is 1. The van der Waals surface area contributed by atoms with Crippen LogP contribution < -0.4 is 0 Å². The minimum Gasteiger partial charge on any atom is -0.460 e. The monoisotopic (exact) mass is 538 g/mol. The molecule has 4 nitrogen and oxygen atoms in total. The number of methoxy groups -OCH3 is 1. The molecule has 7 rings (SSSR count). The second-order valence-corrected chi connectivity index (χ2v) is 13.8. The van der Waals surface area contributed by atoms with Crippen molar-refractivity contribution in [3.05, 3.63) is 60.2 Å². The highest BCUT2D eigenvalue weighted by Crippen LogP contribution is 2.65. The molecule has 0 unspecified atom stereocenters.